The van der Waals surface area contributed by atoms with Gasteiger partial charge in [0, 0.05) is 34.1 Å². The number of hydrogen-bond donors (Lipinski definition) is 1. The minimum absolute atomic E-state index is 0.0794. The van der Waals surface area contributed by atoms with Gasteiger partial charge in [0.15, 0.2) is 0 Å². The predicted molar refractivity (Wildman–Crippen MR) is 153 cm³/mol. The molecule has 0 aliphatic carbocycles. The van der Waals surface area contributed by atoms with Gasteiger partial charge in [-0.15, -0.1) is 0 Å². The first kappa shape index (κ1) is 27.0. The summed E-state index contributed by atoms with van der Waals surface area (Å²) in [6, 6.07) is 25.4. The lowest BCUT2D eigenvalue weighted by Crippen LogP contribution is -2.45. The molecule has 6 nitrogen and oxygen atoms in total. The van der Waals surface area contributed by atoms with Crippen molar-refractivity contribution < 1.29 is 14.6 Å². The number of hydrogen-bond acceptors (Lipinski definition) is 3. The number of aromatic nitrogens is 1. The molecule has 0 aliphatic heterocycles. The van der Waals surface area contributed by atoms with Gasteiger partial charge in [0.1, 0.15) is 12.4 Å². The van der Waals surface area contributed by atoms with Crippen molar-refractivity contribution in [2.75, 3.05) is 0 Å². The van der Waals surface area contributed by atoms with Crippen LogP contribution >= 0.6 is 0 Å². The number of amides is 1. The summed E-state index contributed by atoms with van der Waals surface area (Å²) in [6.45, 7) is 10.7. The second-order valence-electron chi connectivity index (χ2n) is 11.0. The van der Waals surface area contributed by atoms with Crippen LogP contribution in [-0.2, 0) is 19.7 Å². The summed E-state index contributed by atoms with van der Waals surface area (Å²) in [5.74, 6) is 0.838. The van der Waals surface area contributed by atoms with Crippen molar-refractivity contribution >= 4 is 16.9 Å². The summed E-state index contributed by atoms with van der Waals surface area (Å²) >= 11 is 0. The fourth-order valence-electron chi connectivity index (χ4n) is 4.70. The van der Waals surface area contributed by atoms with Gasteiger partial charge in [-0.2, -0.15) is 0 Å². The highest BCUT2D eigenvalue weighted by Gasteiger charge is 2.30. The standard InChI is InChI=1S/C32H36N2O4/c1-22(2)19-33-28(20-34(31(36)37)32(3,4)5)29(24-14-10-7-11-15-24)27-18-25(16-17-26(27)30(33)35)38-21-23-12-8-6-9-13-23/h6-18,22H,19-21H2,1-5H3,(H,36,37). The van der Waals surface area contributed by atoms with E-state index in [0.717, 1.165) is 22.1 Å². The second kappa shape index (κ2) is 11.1. The molecule has 0 aliphatic rings. The van der Waals surface area contributed by atoms with E-state index >= 15 is 0 Å². The number of nitrogens with zero attached hydrogens (tertiary/aromatic N) is 2. The maximum absolute atomic E-state index is 13.9. The minimum Gasteiger partial charge on any atom is -0.489 e. The Morgan fingerprint density at radius 2 is 1.58 bits per heavy atom. The molecule has 0 saturated heterocycles. The third-order valence-corrected chi connectivity index (χ3v) is 6.56. The molecule has 3 aromatic carbocycles. The first-order chi connectivity index (χ1) is 18.1. The molecular weight excluding hydrogens is 476 g/mol. The number of benzene rings is 3. The maximum Gasteiger partial charge on any atom is 0.408 e. The third kappa shape index (κ3) is 5.91. The molecule has 0 atom stereocenters. The van der Waals surface area contributed by atoms with Crippen molar-refractivity contribution in [3.8, 4) is 16.9 Å². The van der Waals surface area contributed by atoms with E-state index < -0.39 is 11.6 Å². The fraction of sp³-hybridized carbons (Fsp3) is 0.312. The van der Waals surface area contributed by atoms with Crippen molar-refractivity contribution in [2.45, 2.75) is 59.9 Å². The van der Waals surface area contributed by atoms with Crippen molar-refractivity contribution in [3.63, 3.8) is 0 Å². The highest BCUT2D eigenvalue weighted by atomic mass is 16.5. The fourth-order valence-corrected chi connectivity index (χ4v) is 4.70. The summed E-state index contributed by atoms with van der Waals surface area (Å²) < 4.78 is 7.89. The van der Waals surface area contributed by atoms with Crippen LogP contribution in [0.15, 0.2) is 83.7 Å². The Morgan fingerprint density at radius 1 is 0.947 bits per heavy atom. The molecule has 1 heterocycles. The maximum atomic E-state index is 13.9. The molecule has 1 N–H and O–H groups in total. The van der Waals surface area contributed by atoms with Crippen LogP contribution in [-0.4, -0.2) is 26.2 Å². The van der Waals surface area contributed by atoms with Gasteiger partial charge in [-0.05, 0) is 56.0 Å². The van der Waals surface area contributed by atoms with Gasteiger partial charge in [-0.3, -0.25) is 9.69 Å². The Bertz CT molecular complexity index is 1470. The van der Waals surface area contributed by atoms with E-state index in [0.29, 0.717) is 30.0 Å². The number of rotatable bonds is 8. The molecule has 6 heteroatoms. The molecule has 0 saturated carbocycles. The van der Waals surface area contributed by atoms with Crippen LogP contribution in [0.2, 0.25) is 0 Å². The topological polar surface area (TPSA) is 71.8 Å². The highest BCUT2D eigenvalue weighted by molar-refractivity contribution is 5.98. The number of fused-ring (bicyclic) bond motifs is 1. The average Bonchev–Trinajstić information content (AvgIpc) is 2.88. The summed E-state index contributed by atoms with van der Waals surface area (Å²) in [5.41, 5.74) is 2.71. The Morgan fingerprint density at radius 3 is 2.16 bits per heavy atom. The quantitative estimate of drug-likeness (QED) is 0.271. The molecular formula is C32H36N2O4. The monoisotopic (exact) mass is 512 g/mol. The first-order valence-corrected chi connectivity index (χ1v) is 13.0. The van der Waals surface area contributed by atoms with E-state index in [2.05, 4.69) is 13.8 Å². The zero-order valence-corrected chi connectivity index (χ0v) is 22.8. The van der Waals surface area contributed by atoms with Crippen molar-refractivity contribution in [2.24, 2.45) is 5.92 Å². The second-order valence-corrected chi connectivity index (χ2v) is 11.0. The molecule has 38 heavy (non-hydrogen) atoms. The van der Waals surface area contributed by atoms with Gasteiger partial charge < -0.3 is 14.4 Å². The molecule has 4 aromatic rings. The van der Waals surface area contributed by atoms with E-state index in [1.54, 1.807) is 4.57 Å². The zero-order chi connectivity index (χ0) is 27.4. The van der Waals surface area contributed by atoms with Gasteiger partial charge in [-0.25, -0.2) is 4.79 Å². The zero-order valence-electron chi connectivity index (χ0n) is 22.8. The van der Waals surface area contributed by atoms with Gasteiger partial charge in [-0.1, -0.05) is 74.5 Å². The van der Waals surface area contributed by atoms with Crippen molar-refractivity contribution in [3.05, 3.63) is 100 Å². The van der Waals surface area contributed by atoms with Crippen molar-refractivity contribution in [1.29, 1.82) is 0 Å². The molecule has 0 radical (unpaired) electrons. The Balaban J connectivity index is 1.98. The number of pyridine rings is 1. The van der Waals surface area contributed by atoms with Crippen LogP contribution in [0, 0.1) is 5.92 Å². The number of ether oxygens (including phenoxy) is 1. The minimum atomic E-state index is -1.03. The Hall–Kier alpha value is -4.06. The van der Waals surface area contributed by atoms with Crippen molar-refractivity contribution in [1.82, 2.24) is 9.47 Å². The van der Waals surface area contributed by atoms with Crippen LogP contribution < -0.4 is 10.3 Å². The molecule has 0 fully saturated rings. The van der Waals surface area contributed by atoms with E-state index in [-0.39, 0.29) is 18.0 Å². The van der Waals surface area contributed by atoms with Gasteiger partial charge in [0.25, 0.3) is 5.56 Å². The van der Waals surface area contributed by atoms with Crippen LogP contribution in [0.25, 0.3) is 21.9 Å². The molecule has 0 spiro atoms. The lowest BCUT2D eigenvalue weighted by atomic mass is 9.95. The van der Waals surface area contributed by atoms with Gasteiger partial charge in [0.2, 0.25) is 0 Å². The SMILES string of the molecule is CC(C)Cn1c(CN(C(=O)O)C(C)(C)C)c(-c2ccccc2)c2cc(OCc3ccccc3)ccc2c1=O. The summed E-state index contributed by atoms with van der Waals surface area (Å²) in [5, 5.41) is 11.5. The summed E-state index contributed by atoms with van der Waals surface area (Å²) in [4.78, 5) is 27.7. The Labute approximate surface area is 224 Å². The molecule has 4 rings (SSSR count). The Kier molecular flexibility index (Phi) is 7.91. The molecule has 0 unspecified atom stereocenters. The molecule has 1 amide bonds. The van der Waals surface area contributed by atoms with Crippen LogP contribution in [0.4, 0.5) is 4.79 Å². The van der Waals surface area contributed by atoms with E-state index in [9.17, 15) is 14.7 Å². The van der Waals surface area contributed by atoms with E-state index in [1.165, 1.54) is 4.90 Å². The third-order valence-electron chi connectivity index (χ3n) is 6.56. The number of carboxylic acid groups (broad SMARTS) is 1. The first-order valence-electron chi connectivity index (χ1n) is 13.0. The largest absolute Gasteiger partial charge is 0.489 e. The average molecular weight is 513 g/mol. The molecule has 0 bridgehead atoms. The lowest BCUT2D eigenvalue weighted by Gasteiger charge is -2.35. The summed E-state index contributed by atoms with van der Waals surface area (Å²) in [7, 11) is 0. The number of carbonyl (C=O) groups is 1. The lowest BCUT2D eigenvalue weighted by molar-refractivity contribution is 0.0937. The smallest absolute Gasteiger partial charge is 0.408 e. The molecule has 198 valence electrons. The van der Waals surface area contributed by atoms with E-state index in [4.69, 9.17) is 4.74 Å². The molecule has 1 aromatic heterocycles. The van der Waals surface area contributed by atoms with Crippen LogP contribution in [0.3, 0.4) is 0 Å². The predicted octanol–water partition coefficient (Wildman–Crippen LogP) is 7.18. The van der Waals surface area contributed by atoms with E-state index in [1.807, 2.05) is 99.6 Å². The van der Waals surface area contributed by atoms with Crippen LogP contribution in [0.1, 0.15) is 45.9 Å². The highest BCUT2D eigenvalue weighted by Crippen LogP contribution is 2.35. The van der Waals surface area contributed by atoms with Gasteiger partial charge >= 0.3 is 6.09 Å². The van der Waals surface area contributed by atoms with Crippen LogP contribution in [0.5, 0.6) is 5.75 Å². The summed E-state index contributed by atoms with van der Waals surface area (Å²) in [6.07, 6.45) is -1.03. The van der Waals surface area contributed by atoms with Gasteiger partial charge in [0.05, 0.1) is 6.54 Å². The normalized spacial score (nSPS) is 11.6.